The molecule has 0 spiro atoms. The van der Waals surface area contributed by atoms with Crippen molar-refractivity contribution in [3.63, 3.8) is 0 Å². The quantitative estimate of drug-likeness (QED) is 0.679. The molecule has 2 heterocycles. The van der Waals surface area contributed by atoms with E-state index < -0.39 is 0 Å². The Morgan fingerprint density at radius 2 is 2.12 bits per heavy atom. The fourth-order valence-corrected chi connectivity index (χ4v) is 4.78. The van der Waals surface area contributed by atoms with E-state index in [2.05, 4.69) is 22.4 Å². The second-order valence-corrected chi connectivity index (χ2v) is 7.79. The number of nitrogens with zero attached hydrogens (tertiary/aromatic N) is 2. The number of piperidine rings is 1. The average Bonchev–Trinajstić information content (AvgIpc) is 2.97. The summed E-state index contributed by atoms with van der Waals surface area (Å²) in [6.45, 7) is 4.37. The molecule has 2 aliphatic carbocycles. The van der Waals surface area contributed by atoms with Gasteiger partial charge < -0.3 is 9.32 Å². The summed E-state index contributed by atoms with van der Waals surface area (Å²) in [6, 6.07) is 3.91. The van der Waals surface area contributed by atoms with Crippen LogP contribution in [0.4, 0.5) is 5.88 Å². The molecule has 130 valence electrons. The highest BCUT2D eigenvalue weighted by Crippen LogP contribution is 2.66. The molecule has 1 aliphatic heterocycles. The number of anilines is 1. The Morgan fingerprint density at radius 3 is 2.88 bits per heavy atom. The summed E-state index contributed by atoms with van der Waals surface area (Å²) in [5.74, 6) is 2.38. The van der Waals surface area contributed by atoms with Crippen molar-refractivity contribution >= 4 is 18.0 Å². The lowest BCUT2D eigenvalue weighted by molar-refractivity contribution is -0.123. The molecular weight excluding hydrogens is 302 g/mol. The van der Waals surface area contributed by atoms with Gasteiger partial charge in [0.25, 0.3) is 0 Å². The van der Waals surface area contributed by atoms with Crippen LogP contribution in [0, 0.1) is 17.3 Å². The standard InChI is InChI=1S/C19H27N3O2/c1-19-10-4-3-7-15(19)17(19)18(23)21-20-13-14-8-9-16(24-14)22-11-5-2-6-12-22/h8-9,13,15,17H,2-7,10-12H2,1H3,(H,21,23)/b20-13-/t15-,17-,19-/m1/s1. The van der Waals surface area contributed by atoms with E-state index in [-0.39, 0.29) is 17.2 Å². The lowest BCUT2D eigenvalue weighted by Gasteiger charge is -2.25. The molecule has 1 aromatic rings. The van der Waals surface area contributed by atoms with Crippen molar-refractivity contribution in [1.82, 2.24) is 5.43 Å². The monoisotopic (exact) mass is 329 g/mol. The minimum atomic E-state index is 0.0726. The predicted octanol–water partition coefficient (Wildman–Crippen LogP) is 3.55. The summed E-state index contributed by atoms with van der Waals surface area (Å²) in [7, 11) is 0. The van der Waals surface area contributed by atoms with Crippen LogP contribution in [0.25, 0.3) is 0 Å². The van der Waals surface area contributed by atoms with Gasteiger partial charge in [0.2, 0.25) is 5.91 Å². The topological polar surface area (TPSA) is 57.8 Å². The third kappa shape index (κ3) is 2.85. The van der Waals surface area contributed by atoms with Gasteiger partial charge in [0, 0.05) is 25.1 Å². The van der Waals surface area contributed by atoms with Gasteiger partial charge in [-0.05, 0) is 49.5 Å². The number of nitrogens with one attached hydrogen (secondary N) is 1. The molecule has 3 aliphatic rings. The van der Waals surface area contributed by atoms with Crippen molar-refractivity contribution in [3.05, 3.63) is 17.9 Å². The van der Waals surface area contributed by atoms with Gasteiger partial charge in [0.05, 0.1) is 6.21 Å². The van der Waals surface area contributed by atoms with Gasteiger partial charge in [0.15, 0.2) is 5.88 Å². The molecule has 24 heavy (non-hydrogen) atoms. The van der Waals surface area contributed by atoms with E-state index in [1.165, 1.54) is 44.9 Å². The summed E-state index contributed by atoms with van der Waals surface area (Å²) in [5, 5.41) is 4.11. The zero-order valence-corrected chi connectivity index (χ0v) is 14.5. The summed E-state index contributed by atoms with van der Waals surface area (Å²) >= 11 is 0. The van der Waals surface area contributed by atoms with E-state index >= 15 is 0 Å². The third-order valence-electron chi connectivity index (χ3n) is 6.26. The number of carbonyl (C=O) groups excluding carboxylic acids is 1. The summed E-state index contributed by atoms with van der Waals surface area (Å²) < 4.78 is 5.82. The smallest absolute Gasteiger partial charge is 0.244 e. The first-order chi connectivity index (χ1) is 11.7. The van der Waals surface area contributed by atoms with Crippen LogP contribution in [0.3, 0.4) is 0 Å². The Balaban J connectivity index is 1.31. The zero-order chi connectivity index (χ0) is 16.6. The van der Waals surface area contributed by atoms with Gasteiger partial charge in [-0.15, -0.1) is 0 Å². The van der Waals surface area contributed by atoms with E-state index in [0.29, 0.717) is 11.7 Å². The number of fused-ring (bicyclic) bond motifs is 1. The molecule has 3 fully saturated rings. The number of hydrogen-bond donors (Lipinski definition) is 1. The van der Waals surface area contributed by atoms with E-state index in [4.69, 9.17) is 4.42 Å². The van der Waals surface area contributed by atoms with Crippen LogP contribution in [0.5, 0.6) is 0 Å². The highest BCUT2D eigenvalue weighted by atomic mass is 16.4. The highest BCUT2D eigenvalue weighted by molar-refractivity contribution is 5.85. The largest absolute Gasteiger partial charge is 0.440 e. The van der Waals surface area contributed by atoms with Crippen molar-refractivity contribution in [1.29, 1.82) is 0 Å². The van der Waals surface area contributed by atoms with Crippen LogP contribution in [-0.4, -0.2) is 25.2 Å². The summed E-state index contributed by atoms with van der Waals surface area (Å²) in [5.41, 5.74) is 2.95. The maximum Gasteiger partial charge on any atom is 0.244 e. The normalized spacial score (nSPS) is 32.6. The van der Waals surface area contributed by atoms with Gasteiger partial charge in [-0.2, -0.15) is 5.10 Å². The predicted molar refractivity (Wildman–Crippen MR) is 94.1 cm³/mol. The maximum absolute atomic E-state index is 12.4. The zero-order valence-electron chi connectivity index (χ0n) is 14.5. The number of furan rings is 1. The minimum Gasteiger partial charge on any atom is -0.440 e. The van der Waals surface area contributed by atoms with Gasteiger partial charge in [-0.1, -0.05) is 19.8 Å². The van der Waals surface area contributed by atoms with Crippen LogP contribution in [0.2, 0.25) is 0 Å². The van der Waals surface area contributed by atoms with E-state index in [0.717, 1.165) is 19.0 Å². The third-order valence-corrected chi connectivity index (χ3v) is 6.26. The Morgan fingerprint density at radius 1 is 1.29 bits per heavy atom. The lowest BCUT2D eigenvalue weighted by Crippen LogP contribution is -2.28. The molecule has 1 amide bonds. The Bertz CT molecular complexity index is 632. The highest BCUT2D eigenvalue weighted by Gasteiger charge is 2.64. The van der Waals surface area contributed by atoms with Crippen LogP contribution in [0.1, 0.15) is 57.6 Å². The first kappa shape index (κ1) is 15.7. The summed E-state index contributed by atoms with van der Waals surface area (Å²) in [6.07, 6.45) is 10.2. The van der Waals surface area contributed by atoms with Crippen LogP contribution >= 0.6 is 0 Å². The molecule has 5 nitrogen and oxygen atoms in total. The Hall–Kier alpha value is -1.78. The van der Waals surface area contributed by atoms with Gasteiger partial charge in [-0.3, -0.25) is 4.79 Å². The first-order valence-electron chi connectivity index (χ1n) is 9.36. The number of carbonyl (C=O) groups is 1. The minimum absolute atomic E-state index is 0.0726. The average molecular weight is 329 g/mol. The molecule has 1 saturated heterocycles. The van der Waals surface area contributed by atoms with E-state index in [1.54, 1.807) is 6.21 Å². The van der Waals surface area contributed by atoms with Crippen LogP contribution in [-0.2, 0) is 4.79 Å². The maximum atomic E-state index is 12.4. The second-order valence-electron chi connectivity index (χ2n) is 7.79. The Labute approximate surface area is 143 Å². The first-order valence-corrected chi connectivity index (χ1v) is 9.36. The molecule has 3 atom stereocenters. The lowest BCUT2D eigenvalue weighted by atomic mass is 9.90. The molecule has 4 rings (SSSR count). The summed E-state index contributed by atoms with van der Waals surface area (Å²) in [4.78, 5) is 14.6. The van der Waals surface area contributed by atoms with Crippen molar-refractivity contribution in [2.75, 3.05) is 18.0 Å². The van der Waals surface area contributed by atoms with Crippen molar-refractivity contribution in [2.24, 2.45) is 22.4 Å². The van der Waals surface area contributed by atoms with Crippen molar-refractivity contribution < 1.29 is 9.21 Å². The van der Waals surface area contributed by atoms with Crippen molar-refractivity contribution in [3.8, 4) is 0 Å². The molecular formula is C19H27N3O2. The SMILES string of the molecule is C[C@@]12CCCC[C@@H]1[C@@H]2C(=O)N/N=C\c1ccc(N2CCCCC2)o1. The molecule has 5 heteroatoms. The molecule has 0 unspecified atom stereocenters. The van der Waals surface area contributed by atoms with E-state index in [1.807, 2.05) is 12.1 Å². The van der Waals surface area contributed by atoms with Gasteiger partial charge in [-0.25, -0.2) is 5.43 Å². The number of rotatable bonds is 4. The molecule has 1 N–H and O–H groups in total. The number of hydrogen-bond acceptors (Lipinski definition) is 4. The number of amides is 1. The van der Waals surface area contributed by atoms with E-state index in [9.17, 15) is 4.79 Å². The molecule has 0 radical (unpaired) electrons. The fourth-order valence-electron chi connectivity index (χ4n) is 4.78. The molecule has 0 aromatic carbocycles. The second kappa shape index (κ2) is 6.26. The molecule has 2 saturated carbocycles. The van der Waals surface area contributed by atoms with Crippen molar-refractivity contribution in [2.45, 2.75) is 51.9 Å². The van der Waals surface area contributed by atoms with Gasteiger partial charge >= 0.3 is 0 Å². The molecule has 0 bridgehead atoms. The molecule has 1 aromatic heterocycles. The van der Waals surface area contributed by atoms with Crippen LogP contribution < -0.4 is 10.3 Å². The Kier molecular flexibility index (Phi) is 4.10. The number of hydrazone groups is 1. The van der Waals surface area contributed by atoms with Crippen LogP contribution in [0.15, 0.2) is 21.7 Å². The fraction of sp³-hybridized carbons (Fsp3) is 0.684. The van der Waals surface area contributed by atoms with Gasteiger partial charge in [0.1, 0.15) is 5.76 Å².